The third-order valence-corrected chi connectivity index (χ3v) is 4.89. The highest BCUT2D eigenvalue weighted by molar-refractivity contribution is 5.90. The van der Waals surface area contributed by atoms with Crippen LogP contribution in [-0.4, -0.2) is 39.4 Å². The molecule has 0 aliphatic rings. The van der Waals surface area contributed by atoms with Gasteiger partial charge in [-0.3, -0.25) is 0 Å². The van der Waals surface area contributed by atoms with Gasteiger partial charge in [-0.15, -0.1) is 0 Å². The standard InChI is InChI=1S/C23H26N6O/c1-4-28(5-2)23-26-21(25-17-12-14-19(15-13-17)30-6-3)20-16-24-29(22(20)27-23)18-10-8-7-9-11-18/h7-16H,4-6H2,1-3H3,(H,25,26,27). The second-order valence-electron chi connectivity index (χ2n) is 6.76. The van der Waals surface area contributed by atoms with Gasteiger partial charge in [-0.05, 0) is 57.2 Å². The molecule has 2 heterocycles. The minimum atomic E-state index is 0.644. The van der Waals surface area contributed by atoms with E-state index in [4.69, 9.17) is 14.7 Å². The van der Waals surface area contributed by atoms with Crippen molar-refractivity contribution in [2.24, 2.45) is 0 Å². The van der Waals surface area contributed by atoms with Crippen LogP contribution in [0.3, 0.4) is 0 Å². The SMILES string of the molecule is CCOc1ccc(Nc2nc(N(CC)CC)nc3c2cnn3-c2ccccc2)cc1. The maximum absolute atomic E-state index is 5.54. The number of nitrogens with zero attached hydrogens (tertiary/aromatic N) is 5. The van der Waals surface area contributed by atoms with E-state index in [1.165, 1.54) is 0 Å². The van der Waals surface area contributed by atoms with Crippen LogP contribution in [0, 0.1) is 0 Å². The molecule has 7 heteroatoms. The number of ether oxygens (including phenoxy) is 1. The van der Waals surface area contributed by atoms with Crippen molar-refractivity contribution < 1.29 is 4.74 Å². The molecule has 4 aromatic rings. The van der Waals surface area contributed by atoms with Crippen LogP contribution in [0.1, 0.15) is 20.8 Å². The van der Waals surface area contributed by atoms with Crippen molar-refractivity contribution >= 4 is 28.5 Å². The Kier molecular flexibility index (Phi) is 5.79. The molecule has 2 aromatic carbocycles. The summed E-state index contributed by atoms with van der Waals surface area (Å²) in [5, 5.41) is 8.90. The Morgan fingerprint density at radius 2 is 1.67 bits per heavy atom. The lowest BCUT2D eigenvalue weighted by Gasteiger charge is -2.20. The predicted molar refractivity (Wildman–Crippen MR) is 121 cm³/mol. The Balaban J connectivity index is 1.80. The summed E-state index contributed by atoms with van der Waals surface area (Å²) in [5.74, 6) is 2.25. The quantitative estimate of drug-likeness (QED) is 0.456. The predicted octanol–water partition coefficient (Wildman–Crippen LogP) is 4.80. The van der Waals surface area contributed by atoms with Gasteiger partial charge in [0, 0.05) is 18.8 Å². The molecule has 30 heavy (non-hydrogen) atoms. The number of benzene rings is 2. The molecule has 0 aliphatic heterocycles. The lowest BCUT2D eigenvalue weighted by molar-refractivity contribution is 0.340. The van der Waals surface area contributed by atoms with Crippen LogP contribution in [0.2, 0.25) is 0 Å². The van der Waals surface area contributed by atoms with E-state index in [0.29, 0.717) is 12.6 Å². The topological polar surface area (TPSA) is 68.1 Å². The summed E-state index contributed by atoms with van der Waals surface area (Å²) in [6.07, 6.45) is 1.81. The van der Waals surface area contributed by atoms with Gasteiger partial charge in [0.15, 0.2) is 5.65 Å². The molecule has 0 amide bonds. The smallest absolute Gasteiger partial charge is 0.229 e. The van der Waals surface area contributed by atoms with Crippen molar-refractivity contribution in [2.75, 3.05) is 29.9 Å². The van der Waals surface area contributed by atoms with Gasteiger partial charge in [0.2, 0.25) is 5.95 Å². The molecule has 0 saturated heterocycles. The van der Waals surface area contributed by atoms with Crippen LogP contribution in [-0.2, 0) is 0 Å². The Labute approximate surface area is 176 Å². The molecular weight excluding hydrogens is 376 g/mol. The summed E-state index contributed by atoms with van der Waals surface area (Å²) in [6.45, 7) is 8.47. The third-order valence-electron chi connectivity index (χ3n) is 4.89. The van der Waals surface area contributed by atoms with Crippen LogP contribution in [0.5, 0.6) is 5.75 Å². The zero-order valence-corrected chi connectivity index (χ0v) is 17.5. The lowest BCUT2D eigenvalue weighted by Crippen LogP contribution is -2.24. The highest BCUT2D eigenvalue weighted by atomic mass is 16.5. The monoisotopic (exact) mass is 402 g/mol. The first-order chi connectivity index (χ1) is 14.7. The molecule has 0 spiro atoms. The van der Waals surface area contributed by atoms with Gasteiger partial charge < -0.3 is 15.0 Å². The van der Waals surface area contributed by atoms with E-state index in [1.807, 2.05) is 72.4 Å². The van der Waals surface area contributed by atoms with Crippen molar-refractivity contribution in [3.63, 3.8) is 0 Å². The van der Waals surface area contributed by atoms with Crippen LogP contribution in [0.4, 0.5) is 17.5 Å². The van der Waals surface area contributed by atoms with Gasteiger partial charge in [0.25, 0.3) is 0 Å². The van der Waals surface area contributed by atoms with Gasteiger partial charge in [-0.1, -0.05) is 18.2 Å². The maximum atomic E-state index is 5.54. The fourth-order valence-electron chi connectivity index (χ4n) is 3.34. The van der Waals surface area contributed by atoms with E-state index < -0.39 is 0 Å². The second-order valence-corrected chi connectivity index (χ2v) is 6.76. The fraction of sp³-hybridized carbons (Fsp3) is 0.261. The van der Waals surface area contributed by atoms with Crippen LogP contribution >= 0.6 is 0 Å². The van der Waals surface area contributed by atoms with Crippen LogP contribution in [0.15, 0.2) is 60.8 Å². The van der Waals surface area contributed by atoms with E-state index in [2.05, 4.69) is 29.2 Å². The Morgan fingerprint density at radius 1 is 0.933 bits per heavy atom. The molecule has 154 valence electrons. The van der Waals surface area contributed by atoms with Crippen LogP contribution < -0.4 is 15.0 Å². The average Bonchev–Trinajstić information content (AvgIpc) is 3.21. The van der Waals surface area contributed by atoms with Gasteiger partial charge >= 0.3 is 0 Å². The molecule has 2 aromatic heterocycles. The van der Waals surface area contributed by atoms with Crippen molar-refractivity contribution in [1.82, 2.24) is 19.7 Å². The van der Waals surface area contributed by atoms with E-state index in [9.17, 15) is 0 Å². The number of nitrogens with one attached hydrogen (secondary N) is 1. The Bertz CT molecular complexity index is 1100. The van der Waals surface area contributed by atoms with Crippen LogP contribution in [0.25, 0.3) is 16.7 Å². The number of rotatable bonds is 8. The fourth-order valence-corrected chi connectivity index (χ4v) is 3.34. The highest BCUT2D eigenvalue weighted by Crippen LogP contribution is 2.28. The largest absolute Gasteiger partial charge is 0.494 e. The lowest BCUT2D eigenvalue weighted by atomic mass is 10.3. The molecule has 0 aliphatic carbocycles. The summed E-state index contributed by atoms with van der Waals surface area (Å²) in [7, 11) is 0. The number of hydrogen-bond donors (Lipinski definition) is 1. The first kappa shape index (κ1) is 19.7. The van der Waals surface area contributed by atoms with Crippen molar-refractivity contribution in [3.8, 4) is 11.4 Å². The number of fused-ring (bicyclic) bond motifs is 1. The minimum absolute atomic E-state index is 0.644. The molecule has 0 atom stereocenters. The zero-order valence-electron chi connectivity index (χ0n) is 17.5. The first-order valence-electron chi connectivity index (χ1n) is 10.3. The normalized spacial score (nSPS) is 10.9. The zero-order chi connectivity index (χ0) is 20.9. The Morgan fingerprint density at radius 3 is 2.33 bits per heavy atom. The average molecular weight is 403 g/mol. The number of aromatic nitrogens is 4. The van der Waals surface area contributed by atoms with Gasteiger partial charge in [-0.2, -0.15) is 15.1 Å². The second kappa shape index (κ2) is 8.82. The number of para-hydroxylation sites is 1. The summed E-state index contributed by atoms with van der Waals surface area (Å²) in [6, 6.07) is 17.9. The van der Waals surface area contributed by atoms with Crippen molar-refractivity contribution in [1.29, 1.82) is 0 Å². The van der Waals surface area contributed by atoms with E-state index in [-0.39, 0.29) is 0 Å². The molecule has 7 nitrogen and oxygen atoms in total. The minimum Gasteiger partial charge on any atom is -0.494 e. The number of anilines is 3. The van der Waals surface area contributed by atoms with E-state index in [0.717, 1.165) is 47.1 Å². The molecule has 1 N–H and O–H groups in total. The summed E-state index contributed by atoms with van der Waals surface area (Å²) < 4.78 is 7.39. The van der Waals surface area contributed by atoms with E-state index >= 15 is 0 Å². The van der Waals surface area contributed by atoms with Crippen molar-refractivity contribution in [2.45, 2.75) is 20.8 Å². The number of hydrogen-bond acceptors (Lipinski definition) is 6. The maximum Gasteiger partial charge on any atom is 0.229 e. The van der Waals surface area contributed by atoms with Gasteiger partial charge in [0.1, 0.15) is 11.6 Å². The van der Waals surface area contributed by atoms with Gasteiger partial charge in [0.05, 0.1) is 23.9 Å². The first-order valence-corrected chi connectivity index (χ1v) is 10.3. The molecule has 0 radical (unpaired) electrons. The molecule has 0 fully saturated rings. The van der Waals surface area contributed by atoms with Crippen molar-refractivity contribution in [3.05, 3.63) is 60.8 Å². The van der Waals surface area contributed by atoms with E-state index in [1.54, 1.807) is 0 Å². The van der Waals surface area contributed by atoms with Gasteiger partial charge in [-0.25, -0.2) is 4.68 Å². The molecule has 4 rings (SSSR count). The highest BCUT2D eigenvalue weighted by Gasteiger charge is 2.17. The molecular formula is C23H26N6O. The summed E-state index contributed by atoms with van der Waals surface area (Å²) in [4.78, 5) is 11.8. The molecule has 0 bridgehead atoms. The Hall–Kier alpha value is -3.61. The molecule has 0 unspecified atom stereocenters. The summed E-state index contributed by atoms with van der Waals surface area (Å²) in [5.41, 5.74) is 2.66. The summed E-state index contributed by atoms with van der Waals surface area (Å²) >= 11 is 0. The third kappa shape index (κ3) is 3.91. The molecule has 0 saturated carbocycles.